The van der Waals surface area contributed by atoms with Gasteiger partial charge in [0.1, 0.15) is 22.7 Å². The first-order chi connectivity index (χ1) is 24.7. The van der Waals surface area contributed by atoms with Crippen LogP contribution in [0, 0.1) is 0 Å². The second kappa shape index (κ2) is 14.8. The number of amides is 3. The zero-order chi connectivity index (χ0) is 37.3. The molecule has 0 spiro atoms. The van der Waals surface area contributed by atoms with Crippen LogP contribution in [0.1, 0.15) is 63.9 Å². The van der Waals surface area contributed by atoms with E-state index in [1.165, 1.54) is 0 Å². The lowest BCUT2D eigenvalue weighted by molar-refractivity contribution is -0.117. The van der Waals surface area contributed by atoms with Gasteiger partial charge in [0.15, 0.2) is 0 Å². The molecule has 4 heterocycles. The number of nitrogens with one attached hydrogen (secondary N) is 1. The summed E-state index contributed by atoms with van der Waals surface area (Å²) in [6.45, 7) is 14.8. The minimum atomic E-state index is -1.05. The lowest BCUT2D eigenvalue weighted by Gasteiger charge is -2.47. The fourth-order valence-corrected chi connectivity index (χ4v) is 7.19. The number of aliphatic imine (C=N–C) groups is 1. The number of hydrogen-bond donors (Lipinski definition) is 1. The Morgan fingerprint density at radius 1 is 0.885 bits per heavy atom. The molecule has 4 aromatic rings. The Hall–Kier alpha value is -4.51. The van der Waals surface area contributed by atoms with E-state index in [0.717, 1.165) is 16.8 Å². The van der Waals surface area contributed by atoms with E-state index in [1.807, 2.05) is 71.3 Å². The topological polar surface area (TPSA) is 103 Å². The molecule has 2 aliphatic rings. The number of aromatic nitrogens is 2. The Kier molecular flexibility index (Phi) is 10.6. The summed E-state index contributed by atoms with van der Waals surface area (Å²) in [5.74, 6) is 0.932. The Labute approximate surface area is 315 Å². The Bertz CT molecular complexity index is 1940. The number of urea groups is 1. The van der Waals surface area contributed by atoms with Crippen LogP contribution in [-0.4, -0.2) is 81.8 Å². The van der Waals surface area contributed by atoms with Crippen LogP contribution < -0.4 is 10.1 Å². The zero-order valence-electron chi connectivity index (χ0n) is 30.5. The molecule has 0 unspecified atom stereocenters. The molecule has 2 aromatic heterocycles. The van der Waals surface area contributed by atoms with Gasteiger partial charge >= 0.3 is 6.03 Å². The van der Waals surface area contributed by atoms with Crippen LogP contribution >= 0.6 is 23.2 Å². The summed E-state index contributed by atoms with van der Waals surface area (Å²) in [5, 5.41) is 4.11. The Morgan fingerprint density at radius 3 is 2.06 bits per heavy atom. The molecule has 2 atom stereocenters. The number of piperazine rings is 1. The first kappa shape index (κ1) is 37.3. The number of nitrogens with zero attached hydrogens (tertiary/aromatic N) is 6. The quantitative estimate of drug-likeness (QED) is 0.198. The van der Waals surface area contributed by atoms with Gasteiger partial charge in [0, 0.05) is 77.7 Å². The molecule has 3 amide bonds. The van der Waals surface area contributed by atoms with Crippen LogP contribution in [0.5, 0.6) is 5.75 Å². The van der Waals surface area contributed by atoms with Crippen molar-refractivity contribution in [3.63, 3.8) is 0 Å². The number of benzene rings is 2. The van der Waals surface area contributed by atoms with Crippen molar-refractivity contribution in [2.75, 3.05) is 44.6 Å². The number of carbonyl (C=O) groups is 2. The van der Waals surface area contributed by atoms with E-state index in [1.54, 1.807) is 30.7 Å². The summed E-state index contributed by atoms with van der Waals surface area (Å²) < 4.78 is 6.28. The summed E-state index contributed by atoms with van der Waals surface area (Å²) >= 11 is 12.8. The molecule has 10 nitrogen and oxygen atoms in total. The molecule has 0 aliphatic carbocycles. The molecular formula is C40H45Cl2N7O3. The fourth-order valence-electron chi connectivity index (χ4n) is 6.93. The smallest absolute Gasteiger partial charge is 0.326 e. The van der Waals surface area contributed by atoms with Crippen molar-refractivity contribution in [3.05, 3.63) is 118 Å². The van der Waals surface area contributed by atoms with Crippen molar-refractivity contribution in [3.8, 4) is 5.75 Å². The molecule has 2 aliphatic heterocycles. The Morgan fingerprint density at radius 2 is 1.48 bits per heavy atom. The van der Waals surface area contributed by atoms with Crippen LogP contribution in [0.25, 0.3) is 0 Å². The second-order valence-corrected chi connectivity index (χ2v) is 15.4. The average Bonchev–Trinajstić information content (AvgIpc) is 3.36. The van der Waals surface area contributed by atoms with Crippen molar-refractivity contribution in [2.24, 2.45) is 4.99 Å². The first-order valence-electron chi connectivity index (χ1n) is 17.5. The fraction of sp³-hybridized carbons (Fsp3) is 0.375. The van der Waals surface area contributed by atoms with Gasteiger partial charge in [0.05, 0.1) is 18.7 Å². The van der Waals surface area contributed by atoms with Gasteiger partial charge in [-0.3, -0.25) is 29.6 Å². The molecule has 1 saturated heterocycles. The van der Waals surface area contributed by atoms with Crippen LogP contribution in [0.2, 0.25) is 10.0 Å². The summed E-state index contributed by atoms with van der Waals surface area (Å²) in [4.78, 5) is 48.2. The third-order valence-corrected chi connectivity index (χ3v) is 10.6. The van der Waals surface area contributed by atoms with E-state index in [2.05, 4.69) is 49.8 Å². The Balaban J connectivity index is 1.42. The van der Waals surface area contributed by atoms with Crippen LogP contribution in [0.4, 0.5) is 10.5 Å². The summed E-state index contributed by atoms with van der Waals surface area (Å²) in [6, 6.07) is 20.5. The number of hydrogen-bond acceptors (Lipinski definition) is 7. The summed E-state index contributed by atoms with van der Waals surface area (Å²) in [6.07, 6.45) is 5.05. The van der Waals surface area contributed by atoms with E-state index < -0.39 is 11.1 Å². The maximum Gasteiger partial charge on any atom is 0.326 e. The normalized spacial score (nSPS) is 20.8. The highest BCUT2D eigenvalue weighted by Gasteiger charge is 2.60. The van der Waals surface area contributed by atoms with Crippen LogP contribution in [0.3, 0.4) is 0 Å². The first-order valence-corrected chi connectivity index (χ1v) is 18.3. The number of halogens is 2. The van der Waals surface area contributed by atoms with Gasteiger partial charge in [-0.25, -0.2) is 4.79 Å². The SMILES string of the molecule is CCOc1cc(C(C)(C)C)ncc1C1=N[C@@](C)(c2ccc(Cl)cc2)[C@@](C)(c2ccc(Cl)cc2)N1C(=O)N1CCN(CC(=O)Nc2ccncc2)CC1. The lowest BCUT2D eigenvalue weighted by atomic mass is 9.71. The van der Waals surface area contributed by atoms with Gasteiger partial charge in [-0.05, 0) is 68.3 Å². The highest BCUT2D eigenvalue weighted by Crippen LogP contribution is 2.54. The van der Waals surface area contributed by atoms with Gasteiger partial charge in [-0.15, -0.1) is 0 Å². The van der Waals surface area contributed by atoms with Crippen molar-refractivity contribution < 1.29 is 14.3 Å². The van der Waals surface area contributed by atoms with Gasteiger partial charge in [0.25, 0.3) is 0 Å². The second-order valence-electron chi connectivity index (χ2n) is 14.5. The number of amidine groups is 1. The standard InChI is InChI=1S/C40H45Cl2N7O3/c1-7-52-33-24-34(38(2,3)4)44-25-32(33)36-46-39(5,27-8-12-29(41)13-9-27)40(6,28-10-14-30(42)15-11-28)49(36)37(51)48-22-20-47(21-23-48)26-35(50)45-31-16-18-43-19-17-31/h8-19,24-25H,7,20-23,26H2,1-6H3,(H,43,45,50)/t39-,40+/m0/s1. The monoisotopic (exact) mass is 741 g/mol. The molecule has 1 fully saturated rings. The molecule has 52 heavy (non-hydrogen) atoms. The molecule has 0 bridgehead atoms. The summed E-state index contributed by atoms with van der Waals surface area (Å²) in [5.41, 5.74) is 1.63. The van der Waals surface area contributed by atoms with E-state index >= 15 is 4.79 Å². The molecule has 2 aromatic carbocycles. The molecule has 12 heteroatoms. The van der Waals surface area contributed by atoms with E-state index in [0.29, 0.717) is 65.7 Å². The van der Waals surface area contributed by atoms with Gasteiger partial charge in [-0.2, -0.15) is 0 Å². The number of anilines is 1. The van der Waals surface area contributed by atoms with Crippen LogP contribution in [0.15, 0.2) is 90.3 Å². The molecule has 1 N–H and O–H groups in total. The van der Waals surface area contributed by atoms with Gasteiger partial charge in [-0.1, -0.05) is 68.2 Å². The molecule has 0 radical (unpaired) electrons. The predicted molar refractivity (Wildman–Crippen MR) is 206 cm³/mol. The van der Waals surface area contributed by atoms with Crippen molar-refractivity contribution in [1.29, 1.82) is 0 Å². The highest BCUT2D eigenvalue weighted by molar-refractivity contribution is 6.30. The maximum absolute atomic E-state index is 15.2. The number of carbonyl (C=O) groups excluding carboxylic acids is 2. The minimum Gasteiger partial charge on any atom is -0.493 e. The number of rotatable bonds is 8. The highest BCUT2D eigenvalue weighted by atomic mass is 35.5. The van der Waals surface area contributed by atoms with E-state index in [4.69, 9.17) is 37.9 Å². The summed E-state index contributed by atoms with van der Waals surface area (Å²) in [7, 11) is 0. The molecule has 6 rings (SSSR count). The van der Waals surface area contributed by atoms with E-state index in [9.17, 15) is 4.79 Å². The van der Waals surface area contributed by atoms with Gasteiger partial charge in [0.2, 0.25) is 5.91 Å². The molecular weight excluding hydrogens is 697 g/mol. The third-order valence-electron chi connectivity index (χ3n) is 10.1. The van der Waals surface area contributed by atoms with Crippen molar-refractivity contribution >= 4 is 46.7 Å². The predicted octanol–water partition coefficient (Wildman–Crippen LogP) is 7.75. The average molecular weight is 743 g/mol. The largest absolute Gasteiger partial charge is 0.493 e. The van der Waals surface area contributed by atoms with Crippen molar-refractivity contribution in [1.82, 2.24) is 24.7 Å². The number of pyridine rings is 2. The van der Waals surface area contributed by atoms with E-state index in [-0.39, 0.29) is 23.9 Å². The lowest BCUT2D eigenvalue weighted by Crippen LogP contribution is -2.61. The zero-order valence-corrected chi connectivity index (χ0v) is 32.0. The maximum atomic E-state index is 15.2. The van der Waals surface area contributed by atoms with Crippen molar-refractivity contribution in [2.45, 2.75) is 58.0 Å². The number of ether oxygens (including phenoxy) is 1. The minimum absolute atomic E-state index is 0.122. The molecule has 272 valence electrons. The third kappa shape index (κ3) is 7.24. The molecule has 0 saturated carbocycles. The van der Waals surface area contributed by atoms with Gasteiger partial charge < -0.3 is 15.0 Å². The van der Waals surface area contributed by atoms with Crippen LogP contribution in [-0.2, 0) is 21.3 Å².